The molecule has 0 saturated heterocycles. The zero-order chi connectivity index (χ0) is 18.4. The summed E-state index contributed by atoms with van der Waals surface area (Å²) in [5.74, 6) is 0.115. The molecule has 4 nitrogen and oxygen atoms in total. The minimum absolute atomic E-state index is 0.0105. The van der Waals surface area contributed by atoms with E-state index in [9.17, 15) is 9.59 Å². The van der Waals surface area contributed by atoms with Crippen molar-refractivity contribution < 1.29 is 9.59 Å². The Morgan fingerprint density at radius 1 is 1.07 bits per heavy atom. The average Bonchev–Trinajstić information content (AvgIpc) is 3.44. The van der Waals surface area contributed by atoms with Crippen molar-refractivity contribution in [1.82, 2.24) is 4.90 Å². The zero-order valence-electron chi connectivity index (χ0n) is 14.9. The molecule has 3 aromatic rings. The number of carbonyl (C=O) groups excluding carboxylic acids is 2. The largest absolute Gasteiger partial charge is 0.334 e. The zero-order valence-corrected chi connectivity index (χ0v) is 15.7. The third-order valence-corrected chi connectivity index (χ3v) is 6.44. The van der Waals surface area contributed by atoms with E-state index in [2.05, 4.69) is 16.8 Å². The van der Waals surface area contributed by atoms with Crippen LogP contribution in [0.1, 0.15) is 33.6 Å². The van der Waals surface area contributed by atoms with Crippen LogP contribution in [0.4, 0.5) is 5.69 Å². The lowest BCUT2D eigenvalue weighted by atomic mass is 10.0. The smallest absolute Gasteiger partial charge is 0.256 e. The Hall–Kier alpha value is -2.66. The van der Waals surface area contributed by atoms with Gasteiger partial charge >= 0.3 is 0 Å². The first-order valence-corrected chi connectivity index (χ1v) is 10.3. The second-order valence-electron chi connectivity index (χ2n) is 7.35. The highest BCUT2D eigenvalue weighted by molar-refractivity contribution is 7.10. The molecule has 5 rings (SSSR count). The van der Waals surface area contributed by atoms with Crippen LogP contribution in [0, 0.1) is 5.92 Å². The van der Waals surface area contributed by atoms with Gasteiger partial charge in [-0.3, -0.25) is 9.59 Å². The number of nitrogens with one attached hydrogen (secondary N) is 1. The lowest BCUT2D eigenvalue weighted by Gasteiger charge is -2.28. The summed E-state index contributed by atoms with van der Waals surface area (Å²) in [5.41, 5.74) is 2.46. The third-order valence-electron chi connectivity index (χ3n) is 5.42. The van der Waals surface area contributed by atoms with E-state index in [1.807, 2.05) is 41.3 Å². The number of amides is 2. The minimum Gasteiger partial charge on any atom is -0.334 e. The first-order valence-electron chi connectivity index (χ1n) is 9.37. The van der Waals surface area contributed by atoms with Gasteiger partial charge in [-0.15, -0.1) is 11.3 Å². The van der Waals surface area contributed by atoms with Crippen molar-refractivity contribution >= 4 is 39.6 Å². The number of anilines is 1. The quantitative estimate of drug-likeness (QED) is 0.734. The van der Waals surface area contributed by atoms with Gasteiger partial charge in [0.2, 0.25) is 5.91 Å². The summed E-state index contributed by atoms with van der Waals surface area (Å²) in [5, 5.41) is 7.15. The maximum Gasteiger partial charge on any atom is 0.256 e. The molecular formula is C22H20N2O2S. The van der Waals surface area contributed by atoms with Gasteiger partial charge in [0.15, 0.2) is 0 Å². The number of fused-ring (bicyclic) bond motifs is 2. The molecule has 1 aliphatic heterocycles. The lowest BCUT2D eigenvalue weighted by Crippen LogP contribution is -2.36. The summed E-state index contributed by atoms with van der Waals surface area (Å²) in [6.45, 7) is 1.36. The highest BCUT2D eigenvalue weighted by atomic mass is 32.1. The first-order chi connectivity index (χ1) is 13.2. The van der Waals surface area contributed by atoms with Gasteiger partial charge in [0.1, 0.15) is 0 Å². The van der Waals surface area contributed by atoms with Crippen molar-refractivity contribution in [2.24, 2.45) is 5.92 Å². The van der Waals surface area contributed by atoms with Crippen LogP contribution in [-0.4, -0.2) is 23.3 Å². The molecule has 0 spiro atoms. The van der Waals surface area contributed by atoms with E-state index in [-0.39, 0.29) is 17.7 Å². The Labute approximate surface area is 161 Å². The summed E-state index contributed by atoms with van der Waals surface area (Å²) >= 11 is 1.76. The van der Waals surface area contributed by atoms with Crippen molar-refractivity contribution in [3.63, 3.8) is 0 Å². The molecule has 27 heavy (non-hydrogen) atoms. The molecule has 5 heteroatoms. The van der Waals surface area contributed by atoms with Crippen molar-refractivity contribution in [2.45, 2.75) is 25.8 Å². The molecule has 1 fully saturated rings. The SMILES string of the molecule is O=C(Nc1cc2ccccc2cc1C(=O)N1CCc2sccc2C1)C1CC1. The Morgan fingerprint density at radius 3 is 2.63 bits per heavy atom. The van der Waals surface area contributed by atoms with Crippen LogP contribution >= 0.6 is 11.3 Å². The first kappa shape index (κ1) is 16.5. The van der Waals surface area contributed by atoms with Crippen LogP contribution in [0.15, 0.2) is 47.8 Å². The molecule has 1 aliphatic carbocycles. The van der Waals surface area contributed by atoms with Crippen LogP contribution in [0.5, 0.6) is 0 Å². The predicted molar refractivity (Wildman–Crippen MR) is 108 cm³/mol. The van der Waals surface area contributed by atoms with Crippen molar-refractivity contribution in [3.8, 4) is 0 Å². The molecule has 1 aromatic heterocycles. The standard InChI is InChI=1S/C22H20N2O2S/c25-21(14-5-6-14)23-19-12-16-4-2-1-3-15(16)11-18(19)22(26)24-9-7-20-17(13-24)8-10-27-20/h1-4,8,10-12,14H,5-7,9,13H2,(H,23,25). The second-order valence-corrected chi connectivity index (χ2v) is 8.35. The van der Waals surface area contributed by atoms with Gasteiger partial charge in [-0.05, 0) is 59.2 Å². The molecule has 0 unspecified atom stereocenters. The molecule has 1 saturated carbocycles. The predicted octanol–water partition coefficient (Wildman–Crippen LogP) is 4.45. The van der Waals surface area contributed by atoms with Gasteiger partial charge in [0.05, 0.1) is 11.3 Å². The Balaban J connectivity index is 1.52. The molecule has 136 valence electrons. The Kier molecular flexibility index (Phi) is 3.97. The molecule has 2 heterocycles. The van der Waals surface area contributed by atoms with Gasteiger partial charge in [0, 0.05) is 23.9 Å². The van der Waals surface area contributed by atoms with Gasteiger partial charge in [-0.25, -0.2) is 0 Å². The normalized spacial score (nSPS) is 16.2. The minimum atomic E-state index is -0.0105. The van der Waals surface area contributed by atoms with E-state index in [1.54, 1.807) is 11.3 Å². The fraction of sp³-hybridized carbons (Fsp3) is 0.273. The number of rotatable bonds is 3. The maximum atomic E-state index is 13.3. The topological polar surface area (TPSA) is 49.4 Å². The van der Waals surface area contributed by atoms with Crippen LogP contribution in [0.25, 0.3) is 10.8 Å². The summed E-state index contributed by atoms with van der Waals surface area (Å²) in [7, 11) is 0. The number of thiophene rings is 1. The van der Waals surface area contributed by atoms with Crippen molar-refractivity contribution in [3.05, 3.63) is 63.8 Å². The highest BCUT2D eigenvalue weighted by Crippen LogP contribution is 2.33. The Morgan fingerprint density at radius 2 is 1.85 bits per heavy atom. The van der Waals surface area contributed by atoms with Gasteiger partial charge < -0.3 is 10.2 Å². The van der Waals surface area contributed by atoms with Crippen molar-refractivity contribution in [1.29, 1.82) is 0 Å². The van der Waals surface area contributed by atoms with E-state index in [0.717, 1.165) is 36.6 Å². The molecule has 0 atom stereocenters. The van der Waals surface area contributed by atoms with Crippen LogP contribution < -0.4 is 5.32 Å². The van der Waals surface area contributed by atoms with E-state index in [0.29, 0.717) is 17.8 Å². The van der Waals surface area contributed by atoms with E-state index in [4.69, 9.17) is 0 Å². The number of hydrogen-bond acceptors (Lipinski definition) is 3. The maximum absolute atomic E-state index is 13.3. The van der Waals surface area contributed by atoms with Gasteiger partial charge in [0.25, 0.3) is 5.91 Å². The Bertz CT molecular complexity index is 1050. The third kappa shape index (κ3) is 3.12. The summed E-state index contributed by atoms with van der Waals surface area (Å²) < 4.78 is 0. The summed E-state index contributed by atoms with van der Waals surface area (Å²) in [4.78, 5) is 29.0. The molecule has 0 radical (unpaired) electrons. The van der Waals surface area contributed by atoms with E-state index in [1.165, 1.54) is 10.4 Å². The molecule has 2 aromatic carbocycles. The van der Waals surface area contributed by atoms with Gasteiger partial charge in [-0.1, -0.05) is 24.3 Å². The summed E-state index contributed by atoms with van der Waals surface area (Å²) in [6.07, 6.45) is 2.78. The molecule has 1 N–H and O–H groups in total. The number of hydrogen-bond donors (Lipinski definition) is 1. The number of carbonyl (C=O) groups is 2. The highest BCUT2D eigenvalue weighted by Gasteiger charge is 2.31. The van der Waals surface area contributed by atoms with E-state index >= 15 is 0 Å². The molecule has 2 aliphatic rings. The van der Waals surface area contributed by atoms with Crippen LogP contribution in [-0.2, 0) is 17.8 Å². The average molecular weight is 376 g/mol. The lowest BCUT2D eigenvalue weighted by molar-refractivity contribution is -0.117. The van der Waals surface area contributed by atoms with Crippen LogP contribution in [0.3, 0.4) is 0 Å². The van der Waals surface area contributed by atoms with E-state index < -0.39 is 0 Å². The number of nitrogens with zero attached hydrogens (tertiary/aromatic N) is 1. The fourth-order valence-corrected chi connectivity index (χ4v) is 4.58. The fourth-order valence-electron chi connectivity index (χ4n) is 3.69. The molecule has 0 bridgehead atoms. The monoisotopic (exact) mass is 376 g/mol. The van der Waals surface area contributed by atoms with Gasteiger partial charge in [-0.2, -0.15) is 0 Å². The molecular weight excluding hydrogens is 356 g/mol. The summed E-state index contributed by atoms with van der Waals surface area (Å²) in [6, 6.07) is 13.9. The van der Waals surface area contributed by atoms with Crippen molar-refractivity contribution in [2.75, 3.05) is 11.9 Å². The van der Waals surface area contributed by atoms with Crippen LogP contribution in [0.2, 0.25) is 0 Å². The molecule has 2 amide bonds. The number of benzene rings is 2. The second kappa shape index (κ2) is 6.50.